The van der Waals surface area contributed by atoms with Gasteiger partial charge in [0, 0.05) is 11.1 Å². The van der Waals surface area contributed by atoms with Gasteiger partial charge in [-0.15, -0.1) is 0 Å². The molecule has 0 saturated carbocycles. The van der Waals surface area contributed by atoms with E-state index in [-0.39, 0.29) is 17.3 Å². The Hall–Kier alpha value is -1.38. The lowest BCUT2D eigenvalue weighted by atomic mass is 9.86. The van der Waals surface area contributed by atoms with Gasteiger partial charge in [0.2, 0.25) is 0 Å². The zero-order valence-electron chi connectivity index (χ0n) is 12.7. The van der Waals surface area contributed by atoms with Gasteiger partial charge in [0.05, 0.1) is 0 Å². The Morgan fingerprint density at radius 1 is 1.10 bits per heavy atom. The van der Waals surface area contributed by atoms with Crippen LogP contribution in [0.25, 0.3) is 0 Å². The van der Waals surface area contributed by atoms with Crippen LogP contribution in [0.1, 0.15) is 43.5 Å². The molecule has 1 atom stereocenters. The van der Waals surface area contributed by atoms with E-state index in [9.17, 15) is 4.39 Å². The summed E-state index contributed by atoms with van der Waals surface area (Å²) in [6, 6.07) is 12.6. The second-order valence-electron chi connectivity index (χ2n) is 6.42. The fourth-order valence-electron chi connectivity index (χ4n) is 2.27. The Bertz CT molecular complexity index is 614. The van der Waals surface area contributed by atoms with E-state index >= 15 is 0 Å². The minimum atomic E-state index is -0.327. The molecule has 2 rings (SSSR count). The first-order valence-corrected chi connectivity index (χ1v) is 7.45. The van der Waals surface area contributed by atoms with Crippen molar-refractivity contribution >= 4 is 11.6 Å². The van der Waals surface area contributed by atoms with Crippen LogP contribution in [0.15, 0.2) is 42.5 Å². The van der Waals surface area contributed by atoms with Crippen molar-refractivity contribution in [2.75, 3.05) is 0 Å². The summed E-state index contributed by atoms with van der Waals surface area (Å²) in [7, 11) is 0. The molecule has 3 heteroatoms. The van der Waals surface area contributed by atoms with Gasteiger partial charge in [-0.25, -0.2) is 4.39 Å². The summed E-state index contributed by atoms with van der Waals surface area (Å²) in [6.45, 7) is 6.54. The van der Waals surface area contributed by atoms with Gasteiger partial charge in [0.15, 0.2) is 0 Å². The van der Waals surface area contributed by atoms with E-state index in [1.807, 2.05) is 0 Å². The van der Waals surface area contributed by atoms with Crippen LogP contribution in [0, 0.1) is 5.82 Å². The van der Waals surface area contributed by atoms with Crippen LogP contribution in [-0.2, 0) is 11.8 Å². The highest BCUT2D eigenvalue weighted by molar-refractivity contribution is 6.31. The van der Waals surface area contributed by atoms with Gasteiger partial charge in [-0.05, 0) is 40.7 Å². The summed E-state index contributed by atoms with van der Waals surface area (Å²) in [6.07, 6.45) is 0.591. The van der Waals surface area contributed by atoms with Crippen molar-refractivity contribution in [3.63, 3.8) is 0 Å². The highest BCUT2D eigenvalue weighted by Gasteiger charge is 2.15. The van der Waals surface area contributed by atoms with Crippen molar-refractivity contribution in [3.8, 4) is 0 Å². The first-order chi connectivity index (χ1) is 9.77. The summed E-state index contributed by atoms with van der Waals surface area (Å²) in [5, 5.41) is 0.428. The van der Waals surface area contributed by atoms with Crippen molar-refractivity contribution in [2.45, 2.75) is 38.6 Å². The quantitative estimate of drug-likeness (QED) is 0.846. The number of hydrogen-bond acceptors (Lipinski definition) is 1. The Labute approximate surface area is 130 Å². The average molecular weight is 306 g/mol. The molecule has 1 nitrogen and oxygen atoms in total. The molecule has 0 aliphatic rings. The largest absolute Gasteiger partial charge is 0.324 e. The molecule has 21 heavy (non-hydrogen) atoms. The Kier molecular flexibility index (Phi) is 4.70. The van der Waals surface area contributed by atoms with E-state index in [0.29, 0.717) is 11.4 Å². The highest BCUT2D eigenvalue weighted by atomic mass is 35.5. The van der Waals surface area contributed by atoms with Crippen LogP contribution < -0.4 is 5.73 Å². The number of benzene rings is 2. The predicted molar refractivity (Wildman–Crippen MR) is 87.2 cm³/mol. The second kappa shape index (κ2) is 6.17. The lowest BCUT2D eigenvalue weighted by Gasteiger charge is -2.20. The lowest BCUT2D eigenvalue weighted by Crippen LogP contribution is -2.15. The first-order valence-electron chi connectivity index (χ1n) is 7.07. The zero-order valence-corrected chi connectivity index (χ0v) is 13.4. The molecular weight excluding hydrogens is 285 g/mol. The third-order valence-electron chi connectivity index (χ3n) is 3.66. The normalized spacial score (nSPS) is 13.2. The Morgan fingerprint density at radius 2 is 1.71 bits per heavy atom. The highest BCUT2D eigenvalue weighted by Crippen LogP contribution is 2.26. The van der Waals surface area contributed by atoms with Gasteiger partial charge < -0.3 is 5.73 Å². The monoisotopic (exact) mass is 305 g/mol. The molecule has 0 aliphatic carbocycles. The van der Waals surface area contributed by atoms with Crippen molar-refractivity contribution in [1.29, 1.82) is 0 Å². The van der Waals surface area contributed by atoms with E-state index in [1.165, 1.54) is 17.7 Å². The fraction of sp³-hybridized carbons (Fsp3) is 0.333. The molecule has 2 N–H and O–H groups in total. The third kappa shape index (κ3) is 4.05. The van der Waals surface area contributed by atoms with Crippen LogP contribution in [0.3, 0.4) is 0 Å². The Morgan fingerprint density at radius 3 is 2.24 bits per heavy atom. The van der Waals surface area contributed by atoms with E-state index < -0.39 is 0 Å². The van der Waals surface area contributed by atoms with Gasteiger partial charge in [0.25, 0.3) is 0 Å². The number of halogens is 2. The van der Waals surface area contributed by atoms with E-state index in [1.54, 1.807) is 6.07 Å². The topological polar surface area (TPSA) is 26.0 Å². The molecule has 0 spiro atoms. The predicted octanol–water partition coefficient (Wildman–Crippen LogP) is 5.02. The molecular formula is C18H21ClFN. The summed E-state index contributed by atoms with van der Waals surface area (Å²) in [5.74, 6) is -0.327. The fourth-order valence-corrected chi connectivity index (χ4v) is 2.52. The lowest BCUT2D eigenvalue weighted by molar-refractivity contribution is 0.589. The van der Waals surface area contributed by atoms with Crippen LogP contribution in [0.4, 0.5) is 4.39 Å². The van der Waals surface area contributed by atoms with E-state index in [2.05, 4.69) is 45.0 Å². The van der Waals surface area contributed by atoms with Crippen molar-refractivity contribution in [3.05, 3.63) is 70.0 Å². The van der Waals surface area contributed by atoms with Crippen molar-refractivity contribution in [1.82, 2.24) is 0 Å². The minimum absolute atomic E-state index is 0.128. The molecule has 0 radical (unpaired) electrons. The molecule has 0 aromatic heterocycles. The molecule has 2 aromatic rings. The summed E-state index contributed by atoms with van der Waals surface area (Å²) in [4.78, 5) is 0. The van der Waals surface area contributed by atoms with Crippen molar-refractivity contribution < 1.29 is 4.39 Å². The molecule has 0 saturated heterocycles. The SMILES string of the molecule is CC(C)(C)c1ccc(C(N)Cc2ccc(F)cc2Cl)cc1. The smallest absolute Gasteiger partial charge is 0.124 e. The first kappa shape index (κ1) is 16.0. The van der Waals surface area contributed by atoms with Crippen LogP contribution in [0.5, 0.6) is 0 Å². The van der Waals surface area contributed by atoms with E-state index in [0.717, 1.165) is 11.1 Å². The van der Waals surface area contributed by atoms with Gasteiger partial charge >= 0.3 is 0 Å². The molecule has 0 bridgehead atoms. The summed E-state index contributed by atoms with van der Waals surface area (Å²) in [5.41, 5.74) is 9.57. The van der Waals surface area contributed by atoms with Gasteiger partial charge in [0.1, 0.15) is 5.82 Å². The average Bonchev–Trinajstić information content (AvgIpc) is 2.41. The van der Waals surface area contributed by atoms with Crippen LogP contribution in [-0.4, -0.2) is 0 Å². The molecule has 0 aliphatic heterocycles. The maximum Gasteiger partial charge on any atom is 0.124 e. The summed E-state index contributed by atoms with van der Waals surface area (Å²) < 4.78 is 13.0. The van der Waals surface area contributed by atoms with Crippen LogP contribution >= 0.6 is 11.6 Å². The number of nitrogens with two attached hydrogens (primary N) is 1. The molecule has 1 unspecified atom stereocenters. The maximum absolute atomic E-state index is 13.0. The number of hydrogen-bond donors (Lipinski definition) is 1. The molecule has 0 fully saturated rings. The number of rotatable bonds is 3. The maximum atomic E-state index is 13.0. The van der Waals surface area contributed by atoms with E-state index in [4.69, 9.17) is 17.3 Å². The van der Waals surface area contributed by atoms with Gasteiger partial charge in [-0.1, -0.05) is 62.7 Å². The van der Waals surface area contributed by atoms with Gasteiger partial charge in [-0.3, -0.25) is 0 Å². The van der Waals surface area contributed by atoms with Crippen LogP contribution in [0.2, 0.25) is 5.02 Å². The molecule has 2 aromatic carbocycles. The third-order valence-corrected chi connectivity index (χ3v) is 4.01. The van der Waals surface area contributed by atoms with Crippen molar-refractivity contribution in [2.24, 2.45) is 5.73 Å². The minimum Gasteiger partial charge on any atom is -0.324 e. The standard InChI is InChI=1S/C18H21ClFN/c1-18(2,3)14-7-4-12(5-8-14)17(21)10-13-6-9-15(20)11-16(13)19/h4-9,11,17H,10,21H2,1-3H3. The van der Waals surface area contributed by atoms with Gasteiger partial charge in [-0.2, -0.15) is 0 Å². The zero-order chi connectivity index (χ0) is 15.6. The molecule has 0 amide bonds. The second-order valence-corrected chi connectivity index (χ2v) is 6.83. The molecule has 0 heterocycles. The molecule has 112 valence electrons. The Balaban J connectivity index is 2.15. The summed E-state index contributed by atoms with van der Waals surface area (Å²) >= 11 is 6.05.